The van der Waals surface area contributed by atoms with Crippen LogP contribution in [0.25, 0.3) is 0 Å². The van der Waals surface area contributed by atoms with Crippen LogP contribution in [-0.4, -0.2) is 63.3 Å². The van der Waals surface area contributed by atoms with Crippen molar-refractivity contribution >= 4 is 17.6 Å². The standard InChI is InChI=1S/C21H34N4O3/c1-4-22-21(25-13-10-18(11-14-25)20(26)28-5-2)24-16-17-6-8-19(9-7-17)23-12-15-27-3/h6-9,18,23H,4-5,10-16H2,1-3H3,(H,22,24). The SMILES string of the molecule is CCNC(=NCc1ccc(NCCOC)cc1)N1CCC(C(=O)OCC)CC1. The maximum Gasteiger partial charge on any atom is 0.309 e. The van der Waals surface area contributed by atoms with E-state index >= 15 is 0 Å². The lowest BCUT2D eigenvalue weighted by molar-refractivity contribution is -0.149. The van der Waals surface area contributed by atoms with E-state index in [4.69, 9.17) is 14.5 Å². The number of esters is 1. The van der Waals surface area contributed by atoms with E-state index in [1.165, 1.54) is 0 Å². The lowest BCUT2D eigenvalue weighted by Crippen LogP contribution is -2.46. The first-order valence-electron chi connectivity index (χ1n) is 10.2. The van der Waals surface area contributed by atoms with Crippen LogP contribution in [0.2, 0.25) is 0 Å². The topological polar surface area (TPSA) is 75.2 Å². The number of methoxy groups -OCH3 is 1. The smallest absolute Gasteiger partial charge is 0.309 e. The second-order valence-corrected chi connectivity index (χ2v) is 6.80. The Labute approximate surface area is 168 Å². The number of carbonyl (C=O) groups excluding carboxylic acids is 1. The molecule has 0 aromatic heterocycles. The van der Waals surface area contributed by atoms with E-state index in [1.54, 1.807) is 7.11 Å². The molecule has 1 aliphatic heterocycles. The molecule has 2 rings (SSSR count). The molecule has 1 fully saturated rings. The number of carbonyl (C=O) groups is 1. The Bertz CT molecular complexity index is 611. The van der Waals surface area contributed by atoms with E-state index in [9.17, 15) is 4.79 Å². The van der Waals surface area contributed by atoms with Crippen molar-refractivity contribution < 1.29 is 14.3 Å². The molecule has 1 aromatic rings. The highest BCUT2D eigenvalue weighted by atomic mass is 16.5. The summed E-state index contributed by atoms with van der Waals surface area (Å²) >= 11 is 0. The van der Waals surface area contributed by atoms with Gasteiger partial charge in [0.05, 0.1) is 25.7 Å². The summed E-state index contributed by atoms with van der Waals surface area (Å²) in [6.45, 7) is 8.93. The first-order chi connectivity index (χ1) is 13.7. The second-order valence-electron chi connectivity index (χ2n) is 6.80. The Kier molecular flexibility index (Phi) is 9.62. The predicted octanol–water partition coefficient (Wildman–Crippen LogP) is 2.49. The van der Waals surface area contributed by atoms with Gasteiger partial charge in [0.1, 0.15) is 0 Å². The minimum absolute atomic E-state index is 0.0113. The van der Waals surface area contributed by atoms with Crippen LogP contribution in [0.4, 0.5) is 5.69 Å². The van der Waals surface area contributed by atoms with Crippen molar-refractivity contribution in [2.45, 2.75) is 33.2 Å². The Morgan fingerprint density at radius 3 is 2.54 bits per heavy atom. The molecule has 1 aromatic carbocycles. The minimum Gasteiger partial charge on any atom is -0.466 e. The molecule has 0 saturated carbocycles. The average molecular weight is 391 g/mol. The Morgan fingerprint density at radius 2 is 1.93 bits per heavy atom. The molecule has 0 bridgehead atoms. The average Bonchev–Trinajstić information content (AvgIpc) is 2.72. The van der Waals surface area contributed by atoms with Crippen LogP contribution >= 0.6 is 0 Å². The molecule has 0 aliphatic carbocycles. The van der Waals surface area contributed by atoms with Crippen molar-refractivity contribution in [3.63, 3.8) is 0 Å². The fraction of sp³-hybridized carbons (Fsp3) is 0.619. The quantitative estimate of drug-likeness (QED) is 0.292. The third kappa shape index (κ3) is 7.03. The maximum absolute atomic E-state index is 11.9. The number of nitrogens with zero attached hydrogens (tertiary/aromatic N) is 2. The summed E-state index contributed by atoms with van der Waals surface area (Å²) < 4.78 is 10.2. The summed E-state index contributed by atoms with van der Waals surface area (Å²) in [4.78, 5) is 19.0. The van der Waals surface area contributed by atoms with Crippen LogP contribution in [0, 0.1) is 5.92 Å². The Balaban J connectivity index is 1.89. The summed E-state index contributed by atoms with van der Waals surface area (Å²) in [5, 5.41) is 6.68. The molecule has 1 aliphatic rings. The van der Waals surface area contributed by atoms with Gasteiger partial charge in [0.15, 0.2) is 5.96 Å². The first-order valence-corrected chi connectivity index (χ1v) is 10.2. The number of anilines is 1. The van der Waals surface area contributed by atoms with Gasteiger partial charge in [0, 0.05) is 39.0 Å². The van der Waals surface area contributed by atoms with E-state index in [0.29, 0.717) is 19.8 Å². The largest absolute Gasteiger partial charge is 0.466 e. The van der Waals surface area contributed by atoms with Gasteiger partial charge in [0.25, 0.3) is 0 Å². The zero-order chi connectivity index (χ0) is 20.2. The van der Waals surface area contributed by atoms with Crippen molar-refractivity contribution in [1.82, 2.24) is 10.2 Å². The molecule has 2 N–H and O–H groups in total. The van der Waals surface area contributed by atoms with Crippen LogP contribution in [0.1, 0.15) is 32.3 Å². The number of ether oxygens (including phenoxy) is 2. The number of guanidine groups is 1. The summed E-state index contributed by atoms with van der Waals surface area (Å²) in [5.74, 6) is 0.854. The van der Waals surface area contributed by atoms with E-state index < -0.39 is 0 Å². The minimum atomic E-state index is -0.0664. The Morgan fingerprint density at radius 1 is 1.21 bits per heavy atom. The van der Waals surface area contributed by atoms with Crippen molar-refractivity contribution in [3.05, 3.63) is 29.8 Å². The normalized spacial score (nSPS) is 15.4. The molecule has 0 spiro atoms. The van der Waals surface area contributed by atoms with Gasteiger partial charge in [-0.05, 0) is 44.4 Å². The summed E-state index contributed by atoms with van der Waals surface area (Å²) in [7, 11) is 1.70. The van der Waals surface area contributed by atoms with Crippen molar-refractivity contribution in [1.29, 1.82) is 0 Å². The highest BCUT2D eigenvalue weighted by Crippen LogP contribution is 2.19. The van der Waals surface area contributed by atoms with Gasteiger partial charge in [-0.1, -0.05) is 12.1 Å². The van der Waals surface area contributed by atoms with Gasteiger partial charge < -0.3 is 25.0 Å². The predicted molar refractivity (Wildman–Crippen MR) is 113 cm³/mol. The van der Waals surface area contributed by atoms with E-state index in [1.807, 2.05) is 6.92 Å². The fourth-order valence-electron chi connectivity index (χ4n) is 3.20. The lowest BCUT2D eigenvalue weighted by Gasteiger charge is -2.33. The molecule has 0 atom stereocenters. The molecule has 28 heavy (non-hydrogen) atoms. The molecule has 0 amide bonds. The number of piperidine rings is 1. The molecule has 0 unspecified atom stereocenters. The Hall–Kier alpha value is -2.28. The number of hydrogen-bond donors (Lipinski definition) is 2. The van der Waals surface area contributed by atoms with Gasteiger partial charge in [-0.2, -0.15) is 0 Å². The number of hydrogen-bond acceptors (Lipinski definition) is 5. The summed E-state index contributed by atoms with van der Waals surface area (Å²) in [6, 6.07) is 8.32. The molecule has 7 heteroatoms. The molecule has 1 heterocycles. The number of aliphatic imine (C=N–C) groups is 1. The summed E-state index contributed by atoms with van der Waals surface area (Å²) in [5.41, 5.74) is 2.24. The third-order valence-corrected chi connectivity index (χ3v) is 4.75. The van der Waals surface area contributed by atoms with Crippen LogP contribution in [0.5, 0.6) is 0 Å². The van der Waals surface area contributed by atoms with Gasteiger partial charge >= 0.3 is 5.97 Å². The molecular weight excluding hydrogens is 356 g/mol. The monoisotopic (exact) mass is 390 g/mol. The van der Waals surface area contributed by atoms with Gasteiger partial charge in [-0.25, -0.2) is 4.99 Å². The lowest BCUT2D eigenvalue weighted by atomic mass is 9.97. The van der Waals surface area contributed by atoms with Crippen LogP contribution in [0.3, 0.4) is 0 Å². The third-order valence-electron chi connectivity index (χ3n) is 4.75. The number of nitrogens with one attached hydrogen (secondary N) is 2. The van der Waals surface area contributed by atoms with Gasteiger partial charge in [-0.3, -0.25) is 4.79 Å². The fourth-order valence-corrected chi connectivity index (χ4v) is 3.20. The summed E-state index contributed by atoms with van der Waals surface area (Å²) in [6.07, 6.45) is 1.62. The highest BCUT2D eigenvalue weighted by Gasteiger charge is 2.27. The number of benzene rings is 1. The van der Waals surface area contributed by atoms with E-state index in [0.717, 1.165) is 56.2 Å². The molecule has 156 valence electrons. The van der Waals surface area contributed by atoms with E-state index in [-0.39, 0.29) is 11.9 Å². The van der Waals surface area contributed by atoms with Gasteiger partial charge in [-0.15, -0.1) is 0 Å². The van der Waals surface area contributed by atoms with Crippen molar-refractivity contribution in [2.24, 2.45) is 10.9 Å². The number of likely N-dealkylation sites (tertiary alicyclic amines) is 1. The highest BCUT2D eigenvalue weighted by molar-refractivity contribution is 5.80. The molecule has 7 nitrogen and oxygen atoms in total. The zero-order valence-electron chi connectivity index (χ0n) is 17.4. The number of rotatable bonds is 9. The van der Waals surface area contributed by atoms with E-state index in [2.05, 4.69) is 46.7 Å². The molecular formula is C21H34N4O3. The maximum atomic E-state index is 11.9. The van der Waals surface area contributed by atoms with Crippen LogP contribution < -0.4 is 10.6 Å². The van der Waals surface area contributed by atoms with Gasteiger partial charge in [0.2, 0.25) is 0 Å². The first kappa shape index (κ1) is 22.0. The van der Waals surface area contributed by atoms with Crippen LogP contribution in [0.15, 0.2) is 29.3 Å². The molecule has 1 saturated heterocycles. The van der Waals surface area contributed by atoms with Crippen LogP contribution in [-0.2, 0) is 20.8 Å². The van der Waals surface area contributed by atoms with Crippen molar-refractivity contribution in [3.8, 4) is 0 Å². The van der Waals surface area contributed by atoms with Crippen molar-refractivity contribution in [2.75, 3.05) is 51.8 Å². The molecule has 0 radical (unpaired) electrons. The zero-order valence-corrected chi connectivity index (χ0v) is 17.4. The second kappa shape index (κ2) is 12.2.